The van der Waals surface area contributed by atoms with E-state index in [2.05, 4.69) is 0 Å². The Labute approximate surface area is 116 Å². The zero-order valence-electron chi connectivity index (χ0n) is 11.2. The fraction of sp³-hybridized carbons (Fsp3) is 0.923. The SMILES string of the molecule is CN(C(=O)C1(N)CCOCC1)C1CCCCC1.Cl. The minimum atomic E-state index is -0.676. The van der Waals surface area contributed by atoms with E-state index in [1.807, 2.05) is 11.9 Å². The van der Waals surface area contributed by atoms with Gasteiger partial charge in [-0.1, -0.05) is 19.3 Å². The van der Waals surface area contributed by atoms with E-state index in [1.54, 1.807) is 0 Å². The largest absolute Gasteiger partial charge is 0.381 e. The van der Waals surface area contributed by atoms with Crippen LogP contribution in [-0.4, -0.2) is 42.6 Å². The molecule has 1 aliphatic heterocycles. The van der Waals surface area contributed by atoms with Gasteiger partial charge in [0.1, 0.15) is 0 Å². The third kappa shape index (κ3) is 3.37. The molecule has 0 spiro atoms. The zero-order valence-corrected chi connectivity index (χ0v) is 12.0. The van der Waals surface area contributed by atoms with Crippen molar-refractivity contribution in [2.24, 2.45) is 5.73 Å². The number of nitrogens with zero attached hydrogens (tertiary/aromatic N) is 1. The third-order valence-electron chi connectivity index (χ3n) is 4.25. The average Bonchev–Trinajstić information content (AvgIpc) is 2.39. The van der Waals surface area contributed by atoms with Gasteiger partial charge in [0.25, 0.3) is 0 Å². The minimum Gasteiger partial charge on any atom is -0.381 e. The maximum absolute atomic E-state index is 12.5. The molecule has 0 bridgehead atoms. The van der Waals surface area contributed by atoms with Crippen molar-refractivity contribution in [3.63, 3.8) is 0 Å². The van der Waals surface area contributed by atoms with Crippen LogP contribution in [0.25, 0.3) is 0 Å². The highest BCUT2D eigenvalue weighted by atomic mass is 35.5. The van der Waals surface area contributed by atoms with Crippen molar-refractivity contribution in [1.82, 2.24) is 4.90 Å². The normalized spacial score (nSPS) is 24.1. The van der Waals surface area contributed by atoms with E-state index in [9.17, 15) is 4.79 Å². The highest BCUT2D eigenvalue weighted by Crippen LogP contribution is 2.26. The van der Waals surface area contributed by atoms with Crippen LogP contribution < -0.4 is 5.73 Å². The third-order valence-corrected chi connectivity index (χ3v) is 4.25. The summed E-state index contributed by atoms with van der Waals surface area (Å²) in [7, 11) is 1.92. The topological polar surface area (TPSA) is 55.6 Å². The summed E-state index contributed by atoms with van der Waals surface area (Å²) >= 11 is 0. The molecule has 1 aliphatic carbocycles. The van der Waals surface area contributed by atoms with E-state index in [0.717, 1.165) is 12.8 Å². The van der Waals surface area contributed by atoms with E-state index < -0.39 is 5.54 Å². The molecule has 2 aliphatic rings. The summed E-state index contributed by atoms with van der Waals surface area (Å²) in [6.07, 6.45) is 7.36. The van der Waals surface area contributed by atoms with Crippen LogP contribution in [0.2, 0.25) is 0 Å². The molecule has 2 fully saturated rings. The van der Waals surface area contributed by atoms with Gasteiger partial charge in [-0.05, 0) is 25.7 Å². The van der Waals surface area contributed by atoms with Crippen molar-refractivity contribution < 1.29 is 9.53 Å². The standard InChI is InChI=1S/C13H24N2O2.ClH/c1-15(11-5-3-2-4-6-11)12(16)13(14)7-9-17-10-8-13;/h11H,2-10,14H2,1H3;1H. The van der Waals surface area contributed by atoms with Gasteiger partial charge in [0.2, 0.25) is 5.91 Å². The molecule has 1 saturated carbocycles. The Kier molecular flexibility index (Phi) is 5.89. The fourth-order valence-corrected chi connectivity index (χ4v) is 2.93. The van der Waals surface area contributed by atoms with E-state index in [0.29, 0.717) is 32.1 Å². The number of halogens is 1. The van der Waals surface area contributed by atoms with Gasteiger partial charge in [-0.25, -0.2) is 0 Å². The van der Waals surface area contributed by atoms with Crippen LogP contribution in [0, 0.1) is 0 Å². The summed E-state index contributed by atoms with van der Waals surface area (Å²) in [6.45, 7) is 1.22. The maximum Gasteiger partial charge on any atom is 0.242 e. The highest BCUT2D eigenvalue weighted by Gasteiger charge is 2.39. The average molecular weight is 277 g/mol. The Morgan fingerprint density at radius 2 is 1.78 bits per heavy atom. The van der Waals surface area contributed by atoms with Gasteiger partial charge in [-0.3, -0.25) is 4.79 Å². The molecule has 106 valence electrons. The van der Waals surface area contributed by atoms with Crippen molar-refractivity contribution in [1.29, 1.82) is 0 Å². The number of likely N-dealkylation sites (N-methyl/N-ethyl adjacent to an activating group) is 1. The summed E-state index contributed by atoms with van der Waals surface area (Å²) < 4.78 is 5.29. The van der Waals surface area contributed by atoms with Crippen LogP contribution in [0.5, 0.6) is 0 Å². The predicted molar refractivity (Wildman–Crippen MR) is 73.9 cm³/mol. The fourth-order valence-electron chi connectivity index (χ4n) is 2.93. The Balaban J connectivity index is 0.00000162. The number of carbonyl (C=O) groups excluding carboxylic acids is 1. The molecule has 0 aromatic carbocycles. The lowest BCUT2D eigenvalue weighted by molar-refractivity contribution is -0.142. The molecule has 4 nitrogen and oxygen atoms in total. The van der Waals surface area contributed by atoms with Gasteiger partial charge >= 0.3 is 0 Å². The molecule has 0 aromatic rings. The summed E-state index contributed by atoms with van der Waals surface area (Å²) in [5.74, 6) is 0.118. The first kappa shape index (κ1) is 15.7. The lowest BCUT2D eigenvalue weighted by Gasteiger charge is -2.39. The van der Waals surface area contributed by atoms with Gasteiger partial charge < -0.3 is 15.4 Å². The zero-order chi connectivity index (χ0) is 12.3. The number of carbonyl (C=O) groups is 1. The maximum atomic E-state index is 12.5. The van der Waals surface area contributed by atoms with Gasteiger partial charge in [0.05, 0.1) is 5.54 Å². The number of rotatable bonds is 2. The van der Waals surface area contributed by atoms with Crippen LogP contribution >= 0.6 is 12.4 Å². The van der Waals surface area contributed by atoms with Crippen LogP contribution in [0.15, 0.2) is 0 Å². The molecule has 5 heteroatoms. The van der Waals surface area contributed by atoms with Gasteiger partial charge in [0, 0.05) is 26.3 Å². The van der Waals surface area contributed by atoms with E-state index in [-0.39, 0.29) is 18.3 Å². The quantitative estimate of drug-likeness (QED) is 0.835. The lowest BCUT2D eigenvalue weighted by Crippen LogP contribution is -2.59. The summed E-state index contributed by atoms with van der Waals surface area (Å²) in [5, 5.41) is 0. The van der Waals surface area contributed by atoms with Crippen molar-refractivity contribution in [3.05, 3.63) is 0 Å². The highest BCUT2D eigenvalue weighted by molar-refractivity contribution is 5.86. The lowest BCUT2D eigenvalue weighted by atomic mass is 9.87. The molecular formula is C13H25ClN2O2. The number of ether oxygens (including phenoxy) is 1. The summed E-state index contributed by atoms with van der Waals surface area (Å²) in [6, 6.07) is 0.402. The first-order valence-corrected chi connectivity index (χ1v) is 6.77. The van der Waals surface area contributed by atoms with Gasteiger partial charge in [-0.2, -0.15) is 0 Å². The first-order chi connectivity index (χ1) is 8.13. The molecule has 1 saturated heterocycles. The molecule has 0 unspecified atom stereocenters. The second kappa shape index (κ2) is 6.73. The predicted octanol–water partition coefficient (Wildman–Crippen LogP) is 1.71. The summed E-state index contributed by atoms with van der Waals surface area (Å²) in [4.78, 5) is 14.4. The molecular weight excluding hydrogens is 252 g/mol. The monoisotopic (exact) mass is 276 g/mol. The Morgan fingerprint density at radius 1 is 1.22 bits per heavy atom. The smallest absolute Gasteiger partial charge is 0.242 e. The van der Waals surface area contributed by atoms with Gasteiger partial charge in [-0.15, -0.1) is 12.4 Å². The van der Waals surface area contributed by atoms with Crippen molar-refractivity contribution in [2.45, 2.75) is 56.5 Å². The second-order valence-corrected chi connectivity index (χ2v) is 5.48. The molecule has 0 atom stereocenters. The van der Waals surface area contributed by atoms with Crippen LogP contribution in [0.4, 0.5) is 0 Å². The molecule has 2 rings (SSSR count). The number of nitrogens with two attached hydrogens (primary N) is 1. The Morgan fingerprint density at radius 3 is 2.33 bits per heavy atom. The van der Waals surface area contributed by atoms with Crippen LogP contribution in [0.1, 0.15) is 44.9 Å². The Hall–Kier alpha value is -0.320. The number of amides is 1. The van der Waals surface area contributed by atoms with Crippen LogP contribution in [-0.2, 0) is 9.53 Å². The second-order valence-electron chi connectivity index (χ2n) is 5.48. The van der Waals surface area contributed by atoms with Crippen molar-refractivity contribution >= 4 is 18.3 Å². The van der Waals surface area contributed by atoms with Crippen LogP contribution in [0.3, 0.4) is 0 Å². The molecule has 0 radical (unpaired) electrons. The Bertz CT molecular complexity index is 274. The molecule has 0 aromatic heterocycles. The van der Waals surface area contributed by atoms with E-state index in [4.69, 9.17) is 10.5 Å². The van der Waals surface area contributed by atoms with Crippen molar-refractivity contribution in [3.8, 4) is 0 Å². The van der Waals surface area contributed by atoms with Crippen molar-refractivity contribution in [2.75, 3.05) is 20.3 Å². The minimum absolute atomic E-state index is 0. The molecule has 1 heterocycles. The number of hydrogen-bond acceptors (Lipinski definition) is 3. The van der Waals surface area contributed by atoms with E-state index in [1.165, 1.54) is 19.3 Å². The first-order valence-electron chi connectivity index (χ1n) is 6.77. The van der Waals surface area contributed by atoms with E-state index >= 15 is 0 Å². The van der Waals surface area contributed by atoms with Gasteiger partial charge in [0.15, 0.2) is 0 Å². The number of hydrogen-bond donors (Lipinski definition) is 1. The molecule has 1 amide bonds. The molecule has 18 heavy (non-hydrogen) atoms. The summed E-state index contributed by atoms with van der Waals surface area (Å²) in [5.41, 5.74) is 5.56. The molecule has 2 N–H and O–H groups in total.